The second-order valence-electron chi connectivity index (χ2n) is 4.78. The van der Waals surface area contributed by atoms with E-state index in [0.29, 0.717) is 0 Å². The fraction of sp³-hybridized carbons (Fsp3) is 0.467. The molecule has 1 aliphatic rings. The quantitative estimate of drug-likeness (QED) is 0.614. The molecule has 3 heteroatoms. The highest BCUT2D eigenvalue weighted by molar-refractivity contribution is 6.30. The monoisotopic (exact) mass is 267 g/mol. The first-order chi connectivity index (χ1) is 8.75. The van der Waals surface area contributed by atoms with E-state index in [1.165, 1.54) is 31.7 Å². The highest BCUT2D eigenvalue weighted by atomic mass is 35.5. The van der Waals surface area contributed by atoms with Gasteiger partial charge in [-0.3, -0.25) is 0 Å². The van der Waals surface area contributed by atoms with Crippen molar-refractivity contribution in [3.05, 3.63) is 46.3 Å². The van der Waals surface area contributed by atoms with Crippen molar-refractivity contribution < 1.29 is 4.39 Å². The Morgan fingerprint density at radius 3 is 2.89 bits per heavy atom. The highest BCUT2D eigenvalue weighted by Gasteiger charge is 2.03. The molecule has 1 nitrogen and oxygen atoms in total. The van der Waals surface area contributed by atoms with Gasteiger partial charge in [-0.2, -0.15) is 0 Å². The van der Waals surface area contributed by atoms with Gasteiger partial charge in [-0.25, -0.2) is 4.39 Å². The van der Waals surface area contributed by atoms with E-state index in [9.17, 15) is 4.39 Å². The summed E-state index contributed by atoms with van der Waals surface area (Å²) in [5, 5.41) is 3.57. The lowest BCUT2D eigenvalue weighted by Gasteiger charge is -2.13. The van der Waals surface area contributed by atoms with Gasteiger partial charge in [-0.15, -0.1) is 0 Å². The Bertz CT molecular complexity index is 429. The van der Waals surface area contributed by atoms with Crippen LogP contribution < -0.4 is 5.32 Å². The van der Waals surface area contributed by atoms with Crippen molar-refractivity contribution in [2.45, 2.75) is 38.6 Å². The number of hydrogen-bond donors (Lipinski definition) is 1. The SMILES string of the molecule is Fc1ccc(CNCCC2=CCCCC2)cc1Cl. The van der Waals surface area contributed by atoms with Gasteiger partial charge in [-0.1, -0.05) is 29.3 Å². The van der Waals surface area contributed by atoms with E-state index in [-0.39, 0.29) is 10.8 Å². The fourth-order valence-electron chi connectivity index (χ4n) is 2.26. The molecule has 0 unspecified atom stereocenters. The molecule has 0 atom stereocenters. The van der Waals surface area contributed by atoms with E-state index in [1.54, 1.807) is 17.7 Å². The van der Waals surface area contributed by atoms with Gasteiger partial charge in [0, 0.05) is 6.54 Å². The Hall–Kier alpha value is -0.860. The first-order valence-electron chi connectivity index (χ1n) is 6.58. The van der Waals surface area contributed by atoms with Gasteiger partial charge in [0.15, 0.2) is 0 Å². The maximum Gasteiger partial charge on any atom is 0.141 e. The van der Waals surface area contributed by atoms with Crippen LogP contribution in [0, 0.1) is 5.82 Å². The zero-order valence-corrected chi connectivity index (χ0v) is 11.3. The summed E-state index contributed by atoms with van der Waals surface area (Å²) in [5.74, 6) is -0.354. The van der Waals surface area contributed by atoms with E-state index in [1.807, 2.05) is 0 Å². The molecule has 98 valence electrons. The lowest BCUT2D eigenvalue weighted by molar-refractivity contribution is 0.621. The highest BCUT2D eigenvalue weighted by Crippen LogP contribution is 2.19. The van der Waals surface area contributed by atoms with Gasteiger partial charge in [0.25, 0.3) is 0 Å². The van der Waals surface area contributed by atoms with Crippen molar-refractivity contribution in [3.63, 3.8) is 0 Å². The third-order valence-corrected chi connectivity index (χ3v) is 3.61. The summed E-state index contributed by atoms with van der Waals surface area (Å²) in [4.78, 5) is 0. The van der Waals surface area contributed by atoms with Crippen molar-refractivity contribution in [1.82, 2.24) is 5.32 Å². The normalized spacial score (nSPS) is 15.6. The molecule has 0 amide bonds. The molecule has 1 N–H and O–H groups in total. The number of rotatable bonds is 5. The van der Waals surface area contributed by atoms with Gasteiger partial charge in [0.1, 0.15) is 5.82 Å². The molecule has 18 heavy (non-hydrogen) atoms. The smallest absolute Gasteiger partial charge is 0.141 e. The Morgan fingerprint density at radius 2 is 2.17 bits per heavy atom. The molecule has 0 fully saturated rings. The van der Waals surface area contributed by atoms with Crippen LogP contribution >= 0.6 is 11.6 Å². The van der Waals surface area contributed by atoms with Gasteiger partial charge < -0.3 is 5.32 Å². The molecule has 0 heterocycles. The molecule has 0 bridgehead atoms. The molecule has 2 rings (SSSR count). The summed E-state index contributed by atoms with van der Waals surface area (Å²) in [7, 11) is 0. The van der Waals surface area contributed by atoms with Crippen LogP contribution in [0.4, 0.5) is 4.39 Å². The minimum absolute atomic E-state index is 0.198. The predicted molar refractivity (Wildman–Crippen MR) is 74.3 cm³/mol. The summed E-state index contributed by atoms with van der Waals surface area (Å²) >= 11 is 5.74. The molecule has 0 aromatic heterocycles. The summed E-state index contributed by atoms with van der Waals surface area (Å²) in [6.45, 7) is 1.72. The standard InChI is InChI=1S/C15H19ClFN/c16-14-10-13(6-7-15(14)17)11-18-9-8-12-4-2-1-3-5-12/h4,6-7,10,18H,1-3,5,8-9,11H2. The Balaban J connectivity index is 1.71. The molecule has 1 aromatic rings. The average Bonchev–Trinajstić information content (AvgIpc) is 2.40. The van der Waals surface area contributed by atoms with Gasteiger partial charge >= 0.3 is 0 Å². The molecule has 0 radical (unpaired) electrons. The van der Waals surface area contributed by atoms with Crippen LogP contribution in [0.5, 0.6) is 0 Å². The summed E-state index contributed by atoms with van der Waals surface area (Å²) in [6, 6.07) is 4.88. The number of hydrogen-bond acceptors (Lipinski definition) is 1. The lowest BCUT2D eigenvalue weighted by atomic mass is 9.97. The van der Waals surface area contributed by atoms with Crippen molar-refractivity contribution in [3.8, 4) is 0 Å². The molecule has 1 aliphatic carbocycles. The van der Waals surface area contributed by atoms with Crippen LogP contribution in [0.25, 0.3) is 0 Å². The van der Waals surface area contributed by atoms with Crippen LogP contribution in [-0.4, -0.2) is 6.54 Å². The molecule has 1 aromatic carbocycles. The first-order valence-corrected chi connectivity index (χ1v) is 6.96. The van der Waals surface area contributed by atoms with Crippen LogP contribution in [0.2, 0.25) is 5.02 Å². The van der Waals surface area contributed by atoms with E-state index in [0.717, 1.165) is 25.1 Å². The first kappa shape index (κ1) is 13.6. The fourth-order valence-corrected chi connectivity index (χ4v) is 2.47. The third-order valence-electron chi connectivity index (χ3n) is 3.32. The van der Waals surface area contributed by atoms with Crippen LogP contribution in [-0.2, 0) is 6.54 Å². The van der Waals surface area contributed by atoms with Crippen LogP contribution in [0.15, 0.2) is 29.8 Å². The number of allylic oxidation sites excluding steroid dienone is 1. The van der Waals surface area contributed by atoms with E-state index in [2.05, 4.69) is 11.4 Å². The number of benzene rings is 1. The summed E-state index contributed by atoms with van der Waals surface area (Å²) < 4.78 is 13.0. The molecule has 0 saturated carbocycles. The maximum atomic E-state index is 13.0. The summed E-state index contributed by atoms with van der Waals surface area (Å²) in [6.07, 6.45) is 8.66. The minimum atomic E-state index is -0.354. The molecular formula is C15H19ClFN. The Morgan fingerprint density at radius 1 is 1.28 bits per heavy atom. The minimum Gasteiger partial charge on any atom is -0.312 e. The number of nitrogens with one attached hydrogen (secondary N) is 1. The maximum absolute atomic E-state index is 13.0. The van der Waals surface area contributed by atoms with Crippen molar-refractivity contribution in [2.24, 2.45) is 0 Å². The van der Waals surface area contributed by atoms with Gasteiger partial charge in [0.2, 0.25) is 0 Å². The Labute approximate surface area is 113 Å². The average molecular weight is 268 g/mol. The van der Waals surface area contributed by atoms with Crippen molar-refractivity contribution in [2.75, 3.05) is 6.54 Å². The predicted octanol–water partition coefficient (Wildman–Crippen LogP) is 4.46. The molecule has 0 saturated heterocycles. The van der Waals surface area contributed by atoms with E-state index >= 15 is 0 Å². The molecule has 0 spiro atoms. The van der Waals surface area contributed by atoms with Crippen molar-refractivity contribution >= 4 is 11.6 Å². The van der Waals surface area contributed by atoms with Crippen LogP contribution in [0.1, 0.15) is 37.7 Å². The lowest BCUT2D eigenvalue weighted by Crippen LogP contribution is -2.15. The van der Waals surface area contributed by atoms with Gasteiger partial charge in [0.05, 0.1) is 5.02 Å². The topological polar surface area (TPSA) is 12.0 Å². The largest absolute Gasteiger partial charge is 0.312 e. The number of halogens is 2. The summed E-state index contributed by atoms with van der Waals surface area (Å²) in [5.41, 5.74) is 2.60. The molecular weight excluding hydrogens is 249 g/mol. The zero-order valence-electron chi connectivity index (χ0n) is 10.5. The second kappa shape index (κ2) is 6.91. The van der Waals surface area contributed by atoms with Gasteiger partial charge in [-0.05, 0) is 56.3 Å². The van der Waals surface area contributed by atoms with Crippen LogP contribution in [0.3, 0.4) is 0 Å². The Kier molecular flexibility index (Phi) is 5.21. The zero-order chi connectivity index (χ0) is 12.8. The van der Waals surface area contributed by atoms with E-state index < -0.39 is 0 Å². The second-order valence-corrected chi connectivity index (χ2v) is 5.19. The van der Waals surface area contributed by atoms with E-state index in [4.69, 9.17) is 11.6 Å². The van der Waals surface area contributed by atoms with Crippen molar-refractivity contribution in [1.29, 1.82) is 0 Å². The molecule has 0 aliphatic heterocycles. The third kappa shape index (κ3) is 4.11.